The van der Waals surface area contributed by atoms with E-state index in [1.165, 1.54) is 22.3 Å². The molecule has 0 aliphatic carbocycles. The number of nitrogens with zero attached hydrogens (tertiary/aromatic N) is 1. The summed E-state index contributed by atoms with van der Waals surface area (Å²) in [7, 11) is 0. The maximum Gasteiger partial charge on any atom is 0.0759 e. The number of pyridine rings is 1. The number of nitrogens with one attached hydrogen (secondary N) is 1. The van der Waals surface area contributed by atoms with E-state index in [9.17, 15) is 0 Å². The van der Waals surface area contributed by atoms with Gasteiger partial charge in [-0.1, -0.05) is 24.3 Å². The average Bonchev–Trinajstić information content (AvgIpc) is 2.77. The van der Waals surface area contributed by atoms with Crippen LogP contribution < -0.4 is 5.32 Å². The molecule has 1 aliphatic heterocycles. The Morgan fingerprint density at radius 3 is 2.88 bits per heavy atom. The first-order valence-corrected chi connectivity index (χ1v) is 6.00. The molecule has 1 atom stereocenters. The molecule has 0 bridgehead atoms. The molecule has 2 heterocycles. The van der Waals surface area contributed by atoms with Gasteiger partial charge in [-0.2, -0.15) is 0 Å². The van der Waals surface area contributed by atoms with E-state index >= 15 is 0 Å². The van der Waals surface area contributed by atoms with Crippen LogP contribution in [0.1, 0.15) is 34.0 Å². The van der Waals surface area contributed by atoms with Crippen LogP contribution in [0.15, 0.2) is 36.5 Å². The first kappa shape index (κ1) is 10.5. The Morgan fingerprint density at radius 1 is 1.18 bits per heavy atom. The SMILES string of the molecule is Cc1ccnc(C2NCc3ccccc32)c1C. The van der Waals surface area contributed by atoms with Gasteiger partial charge < -0.3 is 5.32 Å². The Balaban J connectivity index is 2.10. The van der Waals surface area contributed by atoms with Crippen LogP contribution in [-0.2, 0) is 6.54 Å². The van der Waals surface area contributed by atoms with Gasteiger partial charge >= 0.3 is 0 Å². The van der Waals surface area contributed by atoms with E-state index in [2.05, 4.69) is 54.5 Å². The summed E-state index contributed by atoms with van der Waals surface area (Å²) in [6, 6.07) is 10.9. The predicted octanol–water partition coefficient (Wildman–Crippen LogP) is 2.89. The second-order valence-corrected chi connectivity index (χ2v) is 4.65. The van der Waals surface area contributed by atoms with E-state index in [1.807, 2.05) is 6.20 Å². The number of aromatic nitrogens is 1. The van der Waals surface area contributed by atoms with Crippen molar-refractivity contribution in [1.82, 2.24) is 10.3 Å². The minimum Gasteiger partial charge on any atom is -0.301 e. The Kier molecular flexibility index (Phi) is 2.45. The van der Waals surface area contributed by atoms with Gasteiger partial charge in [-0.05, 0) is 42.2 Å². The van der Waals surface area contributed by atoms with Gasteiger partial charge in [-0.15, -0.1) is 0 Å². The van der Waals surface area contributed by atoms with Crippen molar-refractivity contribution < 1.29 is 0 Å². The first-order valence-electron chi connectivity index (χ1n) is 6.00. The fourth-order valence-corrected chi connectivity index (χ4v) is 2.49. The zero-order valence-electron chi connectivity index (χ0n) is 10.2. The van der Waals surface area contributed by atoms with Crippen LogP contribution in [0.5, 0.6) is 0 Å². The second kappa shape index (κ2) is 3.97. The van der Waals surface area contributed by atoms with Crippen molar-refractivity contribution in [3.8, 4) is 0 Å². The maximum absolute atomic E-state index is 4.56. The van der Waals surface area contributed by atoms with Crippen LogP contribution in [0, 0.1) is 13.8 Å². The zero-order chi connectivity index (χ0) is 11.8. The van der Waals surface area contributed by atoms with Crippen LogP contribution in [0.25, 0.3) is 0 Å². The Bertz CT molecular complexity index is 561. The summed E-state index contributed by atoms with van der Waals surface area (Å²) in [6.07, 6.45) is 1.90. The van der Waals surface area contributed by atoms with Crippen LogP contribution in [0.3, 0.4) is 0 Å². The van der Waals surface area contributed by atoms with Crippen LogP contribution in [0.4, 0.5) is 0 Å². The molecule has 86 valence electrons. The van der Waals surface area contributed by atoms with Crippen molar-refractivity contribution in [2.45, 2.75) is 26.4 Å². The maximum atomic E-state index is 4.56. The predicted molar refractivity (Wildman–Crippen MR) is 68.8 cm³/mol. The van der Waals surface area contributed by atoms with Crippen molar-refractivity contribution in [3.05, 3.63) is 64.5 Å². The molecule has 3 rings (SSSR count). The standard InChI is InChI=1S/C15H16N2/c1-10-7-8-16-14(11(10)2)15-13-6-4-3-5-12(13)9-17-15/h3-8,15,17H,9H2,1-2H3. The molecule has 17 heavy (non-hydrogen) atoms. The monoisotopic (exact) mass is 224 g/mol. The Hall–Kier alpha value is -1.67. The largest absolute Gasteiger partial charge is 0.301 e. The summed E-state index contributed by atoms with van der Waals surface area (Å²) in [6.45, 7) is 5.23. The van der Waals surface area contributed by atoms with Crippen LogP contribution in [0.2, 0.25) is 0 Å². The minimum atomic E-state index is 0.256. The molecule has 2 nitrogen and oxygen atoms in total. The van der Waals surface area contributed by atoms with Crippen LogP contribution >= 0.6 is 0 Å². The van der Waals surface area contributed by atoms with E-state index in [1.54, 1.807) is 0 Å². The molecule has 0 spiro atoms. The highest BCUT2D eigenvalue weighted by Crippen LogP contribution is 2.31. The summed E-state index contributed by atoms with van der Waals surface area (Å²) in [5.74, 6) is 0. The molecule has 2 aromatic rings. The fraction of sp³-hybridized carbons (Fsp3) is 0.267. The van der Waals surface area contributed by atoms with Gasteiger partial charge in [0.2, 0.25) is 0 Å². The summed E-state index contributed by atoms with van der Waals surface area (Å²) in [5.41, 5.74) is 6.52. The van der Waals surface area contributed by atoms with Crippen molar-refractivity contribution in [2.75, 3.05) is 0 Å². The lowest BCUT2D eigenvalue weighted by Gasteiger charge is -2.15. The molecular formula is C15H16N2. The molecule has 1 aromatic heterocycles. The molecule has 0 fully saturated rings. The highest BCUT2D eigenvalue weighted by molar-refractivity contribution is 5.42. The van der Waals surface area contributed by atoms with Gasteiger partial charge in [0.05, 0.1) is 11.7 Å². The van der Waals surface area contributed by atoms with E-state index in [0.717, 1.165) is 12.2 Å². The van der Waals surface area contributed by atoms with Crippen molar-refractivity contribution in [2.24, 2.45) is 0 Å². The topological polar surface area (TPSA) is 24.9 Å². The fourth-order valence-electron chi connectivity index (χ4n) is 2.49. The molecule has 0 radical (unpaired) electrons. The van der Waals surface area contributed by atoms with E-state index in [-0.39, 0.29) is 6.04 Å². The lowest BCUT2D eigenvalue weighted by molar-refractivity contribution is 0.645. The smallest absolute Gasteiger partial charge is 0.0759 e. The molecule has 0 saturated heterocycles. The lowest BCUT2D eigenvalue weighted by Crippen LogP contribution is -2.16. The number of benzene rings is 1. The summed E-state index contributed by atoms with van der Waals surface area (Å²) in [5, 5.41) is 3.54. The molecule has 2 heteroatoms. The van der Waals surface area contributed by atoms with Gasteiger partial charge in [0, 0.05) is 12.7 Å². The molecule has 1 unspecified atom stereocenters. The molecule has 1 aliphatic rings. The highest BCUT2D eigenvalue weighted by Gasteiger charge is 2.25. The Labute approximate surface area is 102 Å². The van der Waals surface area contributed by atoms with Gasteiger partial charge in [0.25, 0.3) is 0 Å². The average molecular weight is 224 g/mol. The second-order valence-electron chi connectivity index (χ2n) is 4.65. The van der Waals surface area contributed by atoms with Gasteiger partial charge in [0.1, 0.15) is 0 Å². The molecule has 0 amide bonds. The zero-order valence-corrected chi connectivity index (χ0v) is 10.2. The molecular weight excluding hydrogens is 208 g/mol. The number of rotatable bonds is 1. The number of aryl methyl sites for hydroxylation is 1. The van der Waals surface area contributed by atoms with Gasteiger partial charge in [-0.3, -0.25) is 4.98 Å². The van der Waals surface area contributed by atoms with Gasteiger partial charge in [0.15, 0.2) is 0 Å². The third-order valence-corrected chi connectivity index (χ3v) is 3.65. The lowest BCUT2D eigenvalue weighted by atomic mass is 9.98. The summed E-state index contributed by atoms with van der Waals surface area (Å²) >= 11 is 0. The van der Waals surface area contributed by atoms with E-state index in [0.29, 0.717) is 0 Å². The first-order chi connectivity index (χ1) is 8.27. The molecule has 0 saturated carbocycles. The van der Waals surface area contributed by atoms with Crippen LogP contribution in [-0.4, -0.2) is 4.98 Å². The normalized spacial score (nSPS) is 18.1. The molecule has 1 aromatic carbocycles. The summed E-state index contributed by atoms with van der Waals surface area (Å²) < 4.78 is 0. The van der Waals surface area contributed by atoms with Gasteiger partial charge in [-0.25, -0.2) is 0 Å². The summed E-state index contributed by atoms with van der Waals surface area (Å²) in [4.78, 5) is 4.56. The van der Waals surface area contributed by atoms with Crippen molar-refractivity contribution in [3.63, 3.8) is 0 Å². The number of hydrogen-bond acceptors (Lipinski definition) is 2. The quantitative estimate of drug-likeness (QED) is 0.805. The van der Waals surface area contributed by atoms with E-state index < -0.39 is 0 Å². The third kappa shape index (κ3) is 1.65. The number of hydrogen-bond donors (Lipinski definition) is 1. The highest BCUT2D eigenvalue weighted by atomic mass is 15.0. The third-order valence-electron chi connectivity index (χ3n) is 3.65. The molecule has 1 N–H and O–H groups in total. The van der Waals surface area contributed by atoms with Crippen molar-refractivity contribution in [1.29, 1.82) is 0 Å². The minimum absolute atomic E-state index is 0.256. The number of fused-ring (bicyclic) bond motifs is 1. The Morgan fingerprint density at radius 2 is 2.00 bits per heavy atom. The van der Waals surface area contributed by atoms with Crippen molar-refractivity contribution >= 4 is 0 Å². The van der Waals surface area contributed by atoms with E-state index in [4.69, 9.17) is 0 Å².